The maximum atomic E-state index is 11.6. The van der Waals surface area contributed by atoms with Crippen molar-refractivity contribution in [2.45, 2.75) is 0 Å². The van der Waals surface area contributed by atoms with Gasteiger partial charge in [0.25, 0.3) is 0 Å². The number of carboxylic acids is 1. The topological polar surface area (TPSA) is 92.4 Å². The summed E-state index contributed by atoms with van der Waals surface area (Å²) in [5.41, 5.74) is -0.132. The number of hydrogen-bond acceptors (Lipinski definition) is 4. The molecule has 0 aromatic carbocycles. The molecule has 1 amide bonds. The van der Waals surface area contributed by atoms with Crippen LogP contribution in [0.3, 0.4) is 0 Å². The van der Waals surface area contributed by atoms with Crippen LogP contribution >= 0.6 is 0 Å². The molecule has 0 saturated heterocycles. The summed E-state index contributed by atoms with van der Waals surface area (Å²) < 4.78 is 5.02. The van der Waals surface area contributed by atoms with Crippen LogP contribution in [0.1, 0.15) is 16.2 Å². The third-order valence-electron chi connectivity index (χ3n) is 2.16. The smallest absolute Gasteiger partial charge is 0.354 e. The molecular formula is C13H10N2O4. The third kappa shape index (κ3) is 3.53. The molecule has 2 aromatic rings. The Balaban J connectivity index is 2.03. The van der Waals surface area contributed by atoms with Gasteiger partial charge in [-0.05, 0) is 30.3 Å². The van der Waals surface area contributed by atoms with Gasteiger partial charge in [-0.3, -0.25) is 4.79 Å². The van der Waals surface area contributed by atoms with E-state index in [1.165, 1.54) is 36.6 Å². The molecule has 0 aliphatic rings. The molecule has 0 bridgehead atoms. The highest BCUT2D eigenvalue weighted by Crippen LogP contribution is 2.06. The zero-order valence-corrected chi connectivity index (χ0v) is 9.74. The molecule has 2 N–H and O–H groups in total. The summed E-state index contributed by atoms with van der Waals surface area (Å²) >= 11 is 0. The standard InChI is InChI=1S/C13H10N2O4/c16-12(7-6-9-3-2-8-19-9)15-11-5-1-4-10(14-11)13(17)18/h1-8H,(H,17,18)(H,14,15,16). The maximum absolute atomic E-state index is 11.6. The van der Waals surface area contributed by atoms with Crippen LogP contribution in [0.2, 0.25) is 0 Å². The van der Waals surface area contributed by atoms with Gasteiger partial charge >= 0.3 is 5.97 Å². The number of carbonyl (C=O) groups is 2. The molecule has 0 saturated carbocycles. The summed E-state index contributed by atoms with van der Waals surface area (Å²) in [6, 6.07) is 7.76. The molecule has 6 nitrogen and oxygen atoms in total. The van der Waals surface area contributed by atoms with Gasteiger partial charge in [0, 0.05) is 6.08 Å². The van der Waals surface area contributed by atoms with E-state index in [0.717, 1.165) is 0 Å². The minimum atomic E-state index is -1.15. The van der Waals surface area contributed by atoms with Crippen LogP contribution in [0.25, 0.3) is 6.08 Å². The minimum Gasteiger partial charge on any atom is -0.477 e. The van der Waals surface area contributed by atoms with Crippen molar-refractivity contribution in [2.24, 2.45) is 0 Å². The summed E-state index contributed by atoms with van der Waals surface area (Å²) in [6.45, 7) is 0. The molecule has 2 aromatic heterocycles. The van der Waals surface area contributed by atoms with Gasteiger partial charge in [-0.25, -0.2) is 9.78 Å². The molecule has 6 heteroatoms. The number of nitrogens with one attached hydrogen (secondary N) is 1. The Labute approximate surface area is 108 Å². The van der Waals surface area contributed by atoms with Crippen molar-refractivity contribution in [3.63, 3.8) is 0 Å². The van der Waals surface area contributed by atoms with Crippen LogP contribution in [-0.4, -0.2) is 22.0 Å². The number of aromatic nitrogens is 1. The first-order valence-electron chi connectivity index (χ1n) is 5.38. The van der Waals surface area contributed by atoms with Crippen LogP contribution in [0.15, 0.2) is 47.1 Å². The molecule has 0 fully saturated rings. The molecule has 2 rings (SSSR count). The van der Waals surface area contributed by atoms with Crippen molar-refractivity contribution in [3.8, 4) is 0 Å². The van der Waals surface area contributed by atoms with E-state index >= 15 is 0 Å². The van der Waals surface area contributed by atoms with Crippen LogP contribution < -0.4 is 5.32 Å². The number of pyridine rings is 1. The minimum absolute atomic E-state index is 0.132. The lowest BCUT2D eigenvalue weighted by Crippen LogP contribution is -2.11. The monoisotopic (exact) mass is 258 g/mol. The largest absolute Gasteiger partial charge is 0.477 e. The first-order chi connectivity index (χ1) is 9.15. The van der Waals surface area contributed by atoms with E-state index in [9.17, 15) is 9.59 Å². The van der Waals surface area contributed by atoms with E-state index in [4.69, 9.17) is 9.52 Å². The zero-order chi connectivity index (χ0) is 13.7. The number of furan rings is 1. The van der Waals surface area contributed by atoms with E-state index < -0.39 is 11.9 Å². The van der Waals surface area contributed by atoms with E-state index in [1.54, 1.807) is 12.1 Å². The number of carbonyl (C=O) groups excluding carboxylic acids is 1. The summed E-state index contributed by atoms with van der Waals surface area (Å²) in [6.07, 6.45) is 4.26. The molecule has 0 unspecified atom stereocenters. The third-order valence-corrected chi connectivity index (χ3v) is 2.16. The van der Waals surface area contributed by atoms with Crippen LogP contribution in [-0.2, 0) is 4.79 Å². The van der Waals surface area contributed by atoms with Gasteiger partial charge in [-0.2, -0.15) is 0 Å². The number of nitrogens with zero attached hydrogens (tertiary/aromatic N) is 1. The Morgan fingerprint density at radius 2 is 2.11 bits per heavy atom. The number of hydrogen-bond donors (Lipinski definition) is 2. The summed E-state index contributed by atoms with van der Waals surface area (Å²) in [4.78, 5) is 26.0. The predicted molar refractivity (Wildman–Crippen MR) is 67.6 cm³/mol. The Bertz CT molecular complexity index is 617. The lowest BCUT2D eigenvalue weighted by molar-refractivity contribution is -0.111. The molecule has 0 spiro atoms. The fourth-order valence-corrected chi connectivity index (χ4v) is 1.34. The van der Waals surface area contributed by atoms with Gasteiger partial charge in [0.05, 0.1) is 6.26 Å². The molecular weight excluding hydrogens is 248 g/mol. The van der Waals surface area contributed by atoms with Gasteiger partial charge in [0.15, 0.2) is 5.69 Å². The van der Waals surface area contributed by atoms with Gasteiger partial charge in [0.2, 0.25) is 5.91 Å². The number of rotatable bonds is 4. The van der Waals surface area contributed by atoms with Gasteiger partial charge in [-0.1, -0.05) is 6.07 Å². The summed E-state index contributed by atoms with van der Waals surface area (Å²) in [7, 11) is 0. The van der Waals surface area contributed by atoms with Crippen LogP contribution in [0, 0.1) is 0 Å². The zero-order valence-electron chi connectivity index (χ0n) is 9.74. The molecule has 0 aliphatic heterocycles. The van der Waals surface area contributed by atoms with Crippen molar-refractivity contribution in [1.29, 1.82) is 0 Å². The van der Waals surface area contributed by atoms with Gasteiger partial charge in [-0.15, -0.1) is 0 Å². The number of aromatic carboxylic acids is 1. The molecule has 19 heavy (non-hydrogen) atoms. The normalized spacial score (nSPS) is 10.5. The number of carboxylic acid groups (broad SMARTS) is 1. The molecule has 0 radical (unpaired) electrons. The Kier molecular flexibility index (Phi) is 3.72. The average Bonchev–Trinajstić information content (AvgIpc) is 2.90. The highest BCUT2D eigenvalue weighted by Gasteiger charge is 2.06. The highest BCUT2D eigenvalue weighted by molar-refractivity contribution is 6.01. The lowest BCUT2D eigenvalue weighted by Gasteiger charge is -2.01. The first kappa shape index (κ1) is 12.6. The molecule has 0 atom stereocenters. The lowest BCUT2D eigenvalue weighted by atomic mass is 10.3. The molecule has 2 heterocycles. The van der Waals surface area contributed by atoms with Gasteiger partial charge in [0.1, 0.15) is 11.6 Å². The van der Waals surface area contributed by atoms with E-state index in [-0.39, 0.29) is 11.5 Å². The SMILES string of the molecule is O=C(C=Cc1ccco1)Nc1cccc(C(=O)O)n1. The molecule has 96 valence electrons. The quantitative estimate of drug-likeness (QED) is 0.818. The first-order valence-corrected chi connectivity index (χ1v) is 5.38. The Morgan fingerprint density at radius 3 is 2.79 bits per heavy atom. The summed E-state index contributed by atoms with van der Waals surface area (Å²) in [5.74, 6) is -0.856. The van der Waals surface area contributed by atoms with Gasteiger partial charge < -0.3 is 14.8 Å². The molecule has 0 aliphatic carbocycles. The van der Waals surface area contributed by atoms with Crippen molar-refractivity contribution >= 4 is 23.8 Å². The Hall–Kier alpha value is -2.89. The highest BCUT2D eigenvalue weighted by atomic mass is 16.4. The van der Waals surface area contributed by atoms with Crippen molar-refractivity contribution in [2.75, 3.05) is 5.32 Å². The van der Waals surface area contributed by atoms with Crippen LogP contribution in [0.5, 0.6) is 0 Å². The maximum Gasteiger partial charge on any atom is 0.354 e. The fourth-order valence-electron chi connectivity index (χ4n) is 1.34. The van der Waals surface area contributed by atoms with Crippen molar-refractivity contribution in [1.82, 2.24) is 4.98 Å². The summed E-state index contributed by atoms with van der Waals surface area (Å²) in [5, 5.41) is 11.2. The van der Waals surface area contributed by atoms with Crippen molar-refractivity contribution < 1.29 is 19.1 Å². The van der Waals surface area contributed by atoms with E-state index in [2.05, 4.69) is 10.3 Å². The van der Waals surface area contributed by atoms with E-state index in [0.29, 0.717) is 5.76 Å². The second-order valence-electron chi connectivity index (χ2n) is 3.55. The number of amides is 1. The Morgan fingerprint density at radius 1 is 1.26 bits per heavy atom. The fraction of sp³-hybridized carbons (Fsp3) is 0. The second-order valence-corrected chi connectivity index (χ2v) is 3.55. The van der Waals surface area contributed by atoms with E-state index in [1.807, 2.05) is 0 Å². The van der Waals surface area contributed by atoms with Crippen LogP contribution in [0.4, 0.5) is 5.82 Å². The van der Waals surface area contributed by atoms with Crippen molar-refractivity contribution in [3.05, 3.63) is 54.1 Å². The predicted octanol–water partition coefficient (Wildman–Crippen LogP) is 2.02. The second kappa shape index (κ2) is 5.63. The average molecular weight is 258 g/mol. The number of anilines is 1.